The minimum absolute atomic E-state index is 0.107. The molecule has 0 aromatic heterocycles. The van der Waals surface area contributed by atoms with E-state index < -0.39 is 0 Å². The van der Waals surface area contributed by atoms with Crippen LogP contribution in [0.1, 0.15) is 23.6 Å². The number of halogens is 2. The van der Waals surface area contributed by atoms with E-state index in [0.29, 0.717) is 28.0 Å². The Morgan fingerprint density at radius 3 is 2.50 bits per heavy atom. The third kappa shape index (κ3) is 6.20. The van der Waals surface area contributed by atoms with Crippen molar-refractivity contribution >= 4 is 63.6 Å². The lowest BCUT2D eigenvalue weighted by atomic mass is 10.1. The normalized spacial score (nSPS) is 16.4. The van der Waals surface area contributed by atoms with Gasteiger partial charge in [-0.1, -0.05) is 54.6 Å². The monoisotopic (exact) mass is 606 g/mol. The number of anilines is 1. The number of amides is 1. The fourth-order valence-corrected chi connectivity index (χ4v) is 5.30. The van der Waals surface area contributed by atoms with Crippen molar-refractivity contribution in [3.05, 3.63) is 90.9 Å². The number of hydrogen-bond donors (Lipinski definition) is 2. The second-order valence-corrected chi connectivity index (χ2v) is 10.4. The number of hydrogen-bond acceptors (Lipinski definition) is 5. The maximum Gasteiger partial charge on any atom is 0.260 e. The molecule has 1 fully saturated rings. The van der Waals surface area contributed by atoms with Crippen molar-refractivity contribution in [2.24, 2.45) is 0 Å². The van der Waals surface area contributed by atoms with Gasteiger partial charge in [0.1, 0.15) is 6.61 Å². The highest BCUT2D eigenvalue weighted by molar-refractivity contribution is 14.1. The van der Waals surface area contributed by atoms with Crippen LogP contribution in [0, 0.1) is 3.57 Å². The van der Waals surface area contributed by atoms with Crippen molar-refractivity contribution in [3.8, 4) is 11.5 Å². The molecule has 1 saturated heterocycles. The van der Waals surface area contributed by atoms with Crippen molar-refractivity contribution in [2.75, 3.05) is 12.4 Å². The molecular formula is C26H24ClIN2O3S. The summed E-state index contributed by atoms with van der Waals surface area (Å²) in [5, 5.41) is 7.02. The molecule has 1 atom stereocenters. The Kier molecular flexibility index (Phi) is 8.28. The Labute approximate surface area is 222 Å². The van der Waals surface area contributed by atoms with Crippen molar-refractivity contribution in [3.63, 3.8) is 0 Å². The van der Waals surface area contributed by atoms with Gasteiger partial charge < -0.3 is 20.1 Å². The molecule has 2 N–H and O–H groups in total. The number of ether oxygens (including phenoxy) is 2. The molecule has 1 amide bonds. The van der Waals surface area contributed by atoms with Gasteiger partial charge in [-0.05, 0) is 88.2 Å². The number of methoxy groups -OCH3 is 1. The van der Waals surface area contributed by atoms with E-state index in [-0.39, 0.29) is 11.4 Å². The molecule has 3 aromatic rings. The van der Waals surface area contributed by atoms with Crippen LogP contribution in [-0.2, 0) is 17.8 Å². The van der Waals surface area contributed by atoms with E-state index in [0.717, 1.165) is 26.8 Å². The number of thioether (sulfide) groups is 1. The molecule has 0 spiro atoms. The molecule has 34 heavy (non-hydrogen) atoms. The first kappa shape index (κ1) is 24.8. The third-order valence-corrected chi connectivity index (χ3v) is 7.32. The van der Waals surface area contributed by atoms with Crippen LogP contribution in [0.4, 0.5) is 5.69 Å². The van der Waals surface area contributed by atoms with Crippen molar-refractivity contribution < 1.29 is 14.3 Å². The van der Waals surface area contributed by atoms with Gasteiger partial charge in [-0.25, -0.2) is 0 Å². The zero-order valence-corrected chi connectivity index (χ0v) is 22.5. The summed E-state index contributed by atoms with van der Waals surface area (Å²) in [6.07, 6.45) is 2.87. The summed E-state index contributed by atoms with van der Waals surface area (Å²) < 4.78 is 12.5. The Bertz CT molecular complexity index is 1200. The summed E-state index contributed by atoms with van der Waals surface area (Å²) in [7, 11) is 1.61. The minimum atomic E-state index is -0.228. The fourth-order valence-electron chi connectivity index (χ4n) is 3.40. The zero-order chi connectivity index (χ0) is 24.1. The molecule has 3 aromatic carbocycles. The van der Waals surface area contributed by atoms with Gasteiger partial charge in [0, 0.05) is 10.7 Å². The summed E-state index contributed by atoms with van der Waals surface area (Å²) in [6.45, 7) is 2.52. The van der Waals surface area contributed by atoms with Gasteiger partial charge in [-0.15, -0.1) is 0 Å². The highest BCUT2D eigenvalue weighted by Crippen LogP contribution is 2.37. The van der Waals surface area contributed by atoms with E-state index in [1.165, 1.54) is 17.3 Å². The van der Waals surface area contributed by atoms with Gasteiger partial charge in [-0.3, -0.25) is 4.79 Å². The van der Waals surface area contributed by atoms with Crippen LogP contribution in [0.25, 0.3) is 6.08 Å². The van der Waals surface area contributed by atoms with Gasteiger partial charge in [-0.2, -0.15) is 0 Å². The van der Waals surface area contributed by atoms with Crippen LogP contribution < -0.4 is 20.1 Å². The Morgan fingerprint density at radius 2 is 1.82 bits per heavy atom. The summed E-state index contributed by atoms with van der Waals surface area (Å²) in [5.74, 6) is 1.17. The Hall–Kier alpha value is -2.36. The molecular weight excluding hydrogens is 583 g/mol. The van der Waals surface area contributed by atoms with Crippen LogP contribution in [0.15, 0.2) is 65.6 Å². The van der Waals surface area contributed by atoms with Gasteiger partial charge in [0.15, 0.2) is 17.0 Å². The average Bonchev–Trinajstić information content (AvgIpc) is 3.17. The quantitative estimate of drug-likeness (QED) is 0.221. The smallest absolute Gasteiger partial charge is 0.260 e. The van der Waals surface area contributed by atoms with Crippen LogP contribution in [-0.4, -0.2) is 18.5 Å². The predicted octanol–water partition coefficient (Wildman–Crippen LogP) is 6.69. The summed E-state index contributed by atoms with van der Waals surface area (Å²) >= 11 is 9.64. The van der Waals surface area contributed by atoms with Crippen LogP contribution in [0.5, 0.6) is 11.5 Å². The number of benzene rings is 3. The number of aryl methyl sites for hydroxylation is 1. The van der Waals surface area contributed by atoms with E-state index in [1.807, 2.05) is 54.6 Å². The maximum absolute atomic E-state index is 12.6. The summed E-state index contributed by atoms with van der Waals surface area (Å²) in [5.41, 5.74) is 3.89. The first-order valence-corrected chi connectivity index (χ1v) is 13.1. The molecule has 1 aliphatic heterocycles. The largest absolute Gasteiger partial charge is 0.493 e. The van der Waals surface area contributed by atoms with Gasteiger partial charge in [0.05, 0.1) is 15.6 Å². The van der Waals surface area contributed by atoms with Crippen molar-refractivity contribution in [1.82, 2.24) is 5.32 Å². The van der Waals surface area contributed by atoms with E-state index in [1.54, 1.807) is 7.11 Å². The molecule has 1 aliphatic rings. The zero-order valence-electron chi connectivity index (χ0n) is 18.7. The first-order valence-electron chi connectivity index (χ1n) is 10.7. The standard InChI is InChI=1S/C26H24ClIN2O3S/c1-3-16-6-10-20(11-7-16)29-26-30-25(31)23(34-26)14-18-12-21(28)24(22(13-18)32-2)33-15-17-4-8-19(27)9-5-17/h4-14,26,29H,3,15H2,1-2H3,(H,30,31)/b23-14+/t26-/m1/s1. The van der Waals surface area contributed by atoms with E-state index in [9.17, 15) is 4.79 Å². The lowest BCUT2D eigenvalue weighted by Gasteiger charge is -2.14. The molecule has 0 aliphatic carbocycles. The lowest BCUT2D eigenvalue weighted by molar-refractivity contribution is -0.116. The van der Waals surface area contributed by atoms with Gasteiger partial charge in [0.25, 0.3) is 5.91 Å². The first-order chi connectivity index (χ1) is 16.4. The van der Waals surface area contributed by atoms with Gasteiger partial charge in [0.2, 0.25) is 0 Å². The topological polar surface area (TPSA) is 59.6 Å². The Morgan fingerprint density at radius 1 is 1.12 bits per heavy atom. The van der Waals surface area contributed by atoms with Crippen LogP contribution in [0.2, 0.25) is 5.02 Å². The average molecular weight is 607 g/mol. The highest BCUT2D eigenvalue weighted by atomic mass is 127. The molecule has 176 valence electrons. The molecule has 0 bridgehead atoms. The molecule has 4 rings (SSSR count). The third-order valence-electron chi connectivity index (χ3n) is 5.24. The molecule has 1 heterocycles. The van der Waals surface area contributed by atoms with Crippen LogP contribution >= 0.6 is 46.0 Å². The van der Waals surface area contributed by atoms with Crippen molar-refractivity contribution in [2.45, 2.75) is 25.4 Å². The maximum atomic E-state index is 12.6. The number of carbonyl (C=O) groups is 1. The fraction of sp³-hybridized carbons (Fsp3) is 0.192. The highest BCUT2D eigenvalue weighted by Gasteiger charge is 2.27. The molecule has 0 radical (unpaired) electrons. The van der Waals surface area contributed by atoms with E-state index >= 15 is 0 Å². The number of carbonyl (C=O) groups excluding carboxylic acids is 1. The lowest BCUT2D eigenvalue weighted by Crippen LogP contribution is -2.30. The second-order valence-electron chi connectivity index (χ2n) is 7.62. The Balaban J connectivity index is 1.46. The summed E-state index contributed by atoms with van der Waals surface area (Å²) in [6, 6.07) is 19.6. The second kappa shape index (κ2) is 11.4. The molecule has 0 unspecified atom stereocenters. The van der Waals surface area contributed by atoms with Crippen molar-refractivity contribution in [1.29, 1.82) is 0 Å². The minimum Gasteiger partial charge on any atom is -0.493 e. The number of rotatable bonds is 8. The van der Waals surface area contributed by atoms with E-state index in [2.05, 4.69) is 52.3 Å². The summed E-state index contributed by atoms with van der Waals surface area (Å²) in [4.78, 5) is 13.2. The molecule has 0 saturated carbocycles. The van der Waals surface area contributed by atoms with Crippen LogP contribution in [0.3, 0.4) is 0 Å². The molecule has 8 heteroatoms. The SMILES string of the molecule is CCc1ccc(N[C@@H]2NC(=O)/C(=C\c3cc(I)c(OCc4ccc(Cl)cc4)c(OC)c3)S2)cc1. The van der Waals surface area contributed by atoms with Gasteiger partial charge >= 0.3 is 0 Å². The van der Waals surface area contributed by atoms with E-state index in [4.69, 9.17) is 21.1 Å². The molecule has 5 nitrogen and oxygen atoms in total. The number of nitrogens with one attached hydrogen (secondary N) is 2. The predicted molar refractivity (Wildman–Crippen MR) is 148 cm³/mol.